The van der Waals surface area contributed by atoms with Crippen molar-refractivity contribution < 1.29 is 22.9 Å². The number of nitrogens with zero attached hydrogens (tertiary/aromatic N) is 1. The molecule has 0 fully saturated rings. The van der Waals surface area contributed by atoms with E-state index in [2.05, 4.69) is 0 Å². The van der Waals surface area contributed by atoms with Crippen LogP contribution in [-0.4, -0.2) is 24.9 Å². The van der Waals surface area contributed by atoms with Gasteiger partial charge < -0.3 is 4.74 Å². The number of esters is 1. The Bertz CT molecular complexity index is 662. The first-order valence-corrected chi connectivity index (χ1v) is 7.69. The van der Waals surface area contributed by atoms with Crippen LogP contribution in [0.5, 0.6) is 0 Å². The van der Waals surface area contributed by atoms with Crippen LogP contribution in [0.4, 0.5) is 5.69 Å². The van der Waals surface area contributed by atoms with Crippen LogP contribution in [0.2, 0.25) is 0 Å². The molecule has 0 saturated heterocycles. The fourth-order valence-electron chi connectivity index (χ4n) is 1.33. The molecule has 0 aromatic heterocycles. The third kappa shape index (κ3) is 4.17. The molecule has 0 heterocycles. The number of non-ortho nitro benzene ring substituents is 1. The second-order valence-corrected chi connectivity index (χ2v) is 7.41. The summed E-state index contributed by atoms with van der Waals surface area (Å²) in [4.78, 5) is 21.1. The molecule has 0 radical (unpaired) electrons. The maximum Gasteiger partial charge on any atom is 0.340 e. The number of carbonyl (C=O) groups excluding carboxylic acids is 1. The van der Waals surface area contributed by atoms with E-state index in [1.165, 1.54) is 0 Å². The molecule has 1 aromatic carbocycles. The average Bonchev–Trinajstić information content (AvgIpc) is 2.24. The third-order valence-corrected chi connectivity index (χ3v) is 3.42. The molecule has 0 N–H and O–H groups in total. The Labute approximate surface area is 120 Å². The molecule has 7 nitrogen and oxygen atoms in total. The topological polar surface area (TPSA) is 104 Å². The van der Waals surface area contributed by atoms with E-state index in [1.807, 2.05) is 0 Å². The molecule has 0 aliphatic heterocycles. The van der Waals surface area contributed by atoms with Crippen molar-refractivity contribution in [2.24, 2.45) is 0 Å². The van der Waals surface area contributed by atoms with Crippen molar-refractivity contribution in [3.63, 3.8) is 0 Å². The number of rotatable bonds is 3. The molecule has 1 rings (SSSR count). The molecule has 0 aliphatic carbocycles. The lowest BCUT2D eigenvalue weighted by molar-refractivity contribution is -0.385. The highest BCUT2D eigenvalue weighted by Crippen LogP contribution is 2.26. The summed E-state index contributed by atoms with van der Waals surface area (Å²) >= 11 is 0. The van der Waals surface area contributed by atoms with Crippen LogP contribution < -0.4 is 0 Å². The number of halogens is 1. The van der Waals surface area contributed by atoms with E-state index in [0.29, 0.717) is 0 Å². The lowest BCUT2D eigenvalue weighted by atomic mass is 10.1. The fraction of sp³-hybridized carbons (Fsp3) is 0.364. The monoisotopic (exact) mass is 321 g/mol. The van der Waals surface area contributed by atoms with Gasteiger partial charge in [-0.15, -0.1) is 0 Å². The fourth-order valence-corrected chi connectivity index (χ4v) is 2.39. The van der Waals surface area contributed by atoms with E-state index in [9.17, 15) is 23.3 Å². The number of nitro groups is 1. The van der Waals surface area contributed by atoms with Crippen LogP contribution in [-0.2, 0) is 13.8 Å². The van der Waals surface area contributed by atoms with Crippen molar-refractivity contribution in [3.8, 4) is 0 Å². The zero-order valence-electron chi connectivity index (χ0n) is 10.9. The number of ether oxygens (including phenoxy) is 1. The molecule has 20 heavy (non-hydrogen) atoms. The maximum absolute atomic E-state index is 11.9. The molecule has 0 bridgehead atoms. The lowest BCUT2D eigenvalue weighted by Crippen LogP contribution is -2.24. The van der Waals surface area contributed by atoms with Crippen LogP contribution in [0.1, 0.15) is 31.1 Å². The van der Waals surface area contributed by atoms with Gasteiger partial charge in [0.2, 0.25) is 0 Å². The Morgan fingerprint density at radius 1 is 1.35 bits per heavy atom. The molecule has 9 heteroatoms. The zero-order chi connectivity index (χ0) is 15.7. The van der Waals surface area contributed by atoms with Gasteiger partial charge in [-0.3, -0.25) is 10.1 Å². The number of carbonyl (C=O) groups is 1. The molecule has 1 aromatic rings. The van der Waals surface area contributed by atoms with Gasteiger partial charge in [-0.1, -0.05) is 0 Å². The van der Waals surface area contributed by atoms with Gasteiger partial charge in [0.05, 0.1) is 10.5 Å². The van der Waals surface area contributed by atoms with Gasteiger partial charge in [0.1, 0.15) is 10.5 Å². The third-order valence-electron chi connectivity index (χ3n) is 2.06. The van der Waals surface area contributed by atoms with Crippen molar-refractivity contribution >= 4 is 31.4 Å². The average molecular weight is 322 g/mol. The lowest BCUT2D eigenvalue weighted by Gasteiger charge is -2.20. The molecular weight excluding hydrogens is 310 g/mol. The molecule has 0 aliphatic rings. The molecule has 110 valence electrons. The number of nitro benzene ring substituents is 1. The summed E-state index contributed by atoms with van der Waals surface area (Å²) in [6.07, 6.45) is 0. The Morgan fingerprint density at radius 3 is 2.30 bits per heavy atom. The zero-order valence-corrected chi connectivity index (χ0v) is 12.5. The van der Waals surface area contributed by atoms with Gasteiger partial charge in [-0.2, -0.15) is 0 Å². The standard InChI is InChI=1S/C11H12ClNO6S/c1-11(2,3)19-10(14)8-5-4-7(13(15)16)6-9(8)20(12,17)18/h4-6H,1-3H3. The smallest absolute Gasteiger partial charge is 0.340 e. The van der Waals surface area contributed by atoms with Crippen LogP contribution in [0.15, 0.2) is 23.1 Å². The van der Waals surface area contributed by atoms with E-state index in [4.69, 9.17) is 15.4 Å². The summed E-state index contributed by atoms with van der Waals surface area (Å²) in [6, 6.07) is 2.73. The number of hydrogen-bond acceptors (Lipinski definition) is 6. The highest BCUT2D eigenvalue weighted by Gasteiger charge is 2.27. The van der Waals surface area contributed by atoms with E-state index in [0.717, 1.165) is 18.2 Å². The van der Waals surface area contributed by atoms with Crippen LogP contribution in [0.25, 0.3) is 0 Å². The predicted octanol–water partition coefficient (Wildman–Crippen LogP) is 2.48. The van der Waals surface area contributed by atoms with Crippen molar-refractivity contribution in [2.75, 3.05) is 0 Å². The first-order chi connectivity index (χ1) is 8.92. The molecular formula is C11H12ClNO6S. The van der Waals surface area contributed by atoms with Crippen molar-refractivity contribution in [1.29, 1.82) is 0 Å². The van der Waals surface area contributed by atoms with Crippen molar-refractivity contribution in [1.82, 2.24) is 0 Å². The van der Waals surface area contributed by atoms with Gasteiger partial charge in [-0.05, 0) is 26.8 Å². The van der Waals surface area contributed by atoms with Crippen molar-refractivity contribution in [2.45, 2.75) is 31.3 Å². The Kier molecular flexibility index (Phi) is 4.40. The van der Waals surface area contributed by atoms with Gasteiger partial charge >= 0.3 is 5.97 Å². The van der Waals surface area contributed by atoms with Crippen LogP contribution in [0, 0.1) is 10.1 Å². The summed E-state index contributed by atoms with van der Waals surface area (Å²) in [5.74, 6) is -0.924. The SMILES string of the molecule is CC(C)(C)OC(=O)c1ccc([N+](=O)[O-])cc1S(=O)(=O)Cl. The second kappa shape index (κ2) is 5.37. The number of hydrogen-bond donors (Lipinski definition) is 0. The Morgan fingerprint density at radius 2 is 1.90 bits per heavy atom. The van der Waals surface area contributed by atoms with Gasteiger partial charge in [-0.25, -0.2) is 13.2 Å². The first kappa shape index (κ1) is 16.4. The minimum absolute atomic E-state index is 0.347. The summed E-state index contributed by atoms with van der Waals surface area (Å²) in [5.41, 5.74) is -1.68. The summed E-state index contributed by atoms with van der Waals surface area (Å²) in [6.45, 7) is 4.81. The molecule has 0 saturated carbocycles. The minimum Gasteiger partial charge on any atom is -0.456 e. The Balaban J connectivity index is 3.41. The maximum atomic E-state index is 11.9. The predicted molar refractivity (Wildman–Crippen MR) is 71.3 cm³/mol. The molecule has 0 atom stereocenters. The van der Waals surface area contributed by atoms with Gasteiger partial charge in [0.25, 0.3) is 14.7 Å². The minimum atomic E-state index is -4.32. The summed E-state index contributed by atoms with van der Waals surface area (Å²) in [7, 11) is 0.874. The summed E-state index contributed by atoms with van der Waals surface area (Å²) < 4.78 is 27.9. The van der Waals surface area contributed by atoms with E-state index in [1.54, 1.807) is 20.8 Å². The molecule has 0 amide bonds. The van der Waals surface area contributed by atoms with E-state index < -0.39 is 36.1 Å². The number of benzene rings is 1. The second-order valence-electron chi connectivity index (χ2n) is 4.88. The van der Waals surface area contributed by atoms with Crippen molar-refractivity contribution in [3.05, 3.63) is 33.9 Å². The normalized spacial score (nSPS) is 12.0. The molecule has 0 unspecified atom stereocenters. The van der Waals surface area contributed by atoms with E-state index in [-0.39, 0.29) is 5.56 Å². The van der Waals surface area contributed by atoms with Gasteiger partial charge in [0, 0.05) is 22.8 Å². The van der Waals surface area contributed by atoms with Gasteiger partial charge in [0.15, 0.2) is 0 Å². The highest BCUT2D eigenvalue weighted by atomic mass is 35.7. The highest BCUT2D eigenvalue weighted by molar-refractivity contribution is 8.13. The van der Waals surface area contributed by atoms with Crippen LogP contribution >= 0.6 is 10.7 Å². The first-order valence-electron chi connectivity index (χ1n) is 5.38. The Hall–Kier alpha value is -1.67. The quantitative estimate of drug-likeness (QED) is 0.366. The van der Waals surface area contributed by atoms with E-state index >= 15 is 0 Å². The van der Waals surface area contributed by atoms with Crippen LogP contribution in [0.3, 0.4) is 0 Å². The summed E-state index contributed by atoms with van der Waals surface area (Å²) in [5, 5.41) is 10.6. The molecule has 0 spiro atoms. The largest absolute Gasteiger partial charge is 0.456 e.